The number of rotatable bonds is 2. The second-order valence-corrected chi connectivity index (χ2v) is 6.00. The van der Waals surface area contributed by atoms with E-state index < -0.39 is 5.79 Å². The maximum absolute atomic E-state index is 12.1. The fourth-order valence-corrected chi connectivity index (χ4v) is 2.24. The quantitative estimate of drug-likeness (QED) is 0.900. The number of amides is 1. The highest BCUT2D eigenvalue weighted by Gasteiger charge is 2.31. The van der Waals surface area contributed by atoms with Crippen LogP contribution >= 0.6 is 15.9 Å². The van der Waals surface area contributed by atoms with Gasteiger partial charge in [0.1, 0.15) is 5.69 Å². The van der Waals surface area contributed by atoms with Gasteiger partial charge < -0.3 is 14.8 Å². The predicted octanol–water partition coefficient (Wildman–Crippen LogP) is 3.60. The van der Waals surface area contributed by atoms with Crippen LogP contribution in [0.5, 0.6) is 11.5 Å². The molecule has 0 saturated heterocycles. The van der Waals surface area contributed by atoms with Crippen molar-refractivity contribution in [3.05, 3.63) is 46.7 Å². The lowest BCUT2D eigenvalue weighted by atomic mass is 10.2. The number of anilines is 1. The number of aromatic nitrogens is 1. The zero-order chi connectivity index (χ0) is 15.0. The van der Waals surface area contributed by atoms with Crippen molar-refractivity contribution in [2.45, 2.75) is 19.6 Å². The van der Waals surface area contributed by atoms with Crippen LogP contribution < -0.4 is 14.8 Å². The van der Waals surface area contributed by atoms with Crippen LogP contribution in [-0.4, -0.2) is 16.7 Å². The van der Waals surface area contributed by atoms with Crippen molar-refractivity contribution in [2.75, 3.05) is 5.32 Å². The number of pyridine rings is 1. The van der Waals surface area contributed by atoms with Gasteiger partial charge in [-0.1, -0.05) is 0 Å². The summed E-state index contributed by atoms with van der Waals surface area (Å²) in [5.41, 5.74) is 0.973. The molecule has 0 fully saturated rings. The molecular weight excluding hydrogens is 336 g/mol. The summed E-state index contributed by atoms with van der Waals surface area (Å²) in [4.78, 5) is 16.1. The first kappa shape index (κ1) is 13.9. The standard InChI is InChI=1S/C15H13BrN2O3/c1-15(2)20-12-6-4-10(7-13(12)21-15)18-14(19)11-5-3-9(16)8-17-11/h3-8H,1-2H3,(H,18,19). The van der Waals surface area contributed by atoms with Crippen molar-refractivity contribution in [2.24, 2.45) is 0 Å². The molecule has 1 amide bonds. The minimum absolute atomic E-state index is 0.277. The number of nitrogens with one attached hydrogen (secondary N) is 1. The van der Waals surface area contributed by atoms with E-state index in [0.29, 0.717) is 22.9 Å². The van der Waals surface area contributed by atoms with E-state index in [1.165, 1.54) is 0 Å². The Morgan fingerprint density at radius 3 is 2.67 bits per heavy atom. The van der Waals surface area contributed by atoms with Gasteiger partial charge in [-0.2, -0.15) is 0 Å². The molecule has 3 rings (SSSR count). The third kappa shape index (κ3) is 3.00. The number of ether oxygens (including phenoxy) is 2. The number of hydrogen-bond donors (Lipinski definition) is 1. The van der Waals surface area contributed by atoms with Gasteiger partial charge in [-0.25, -0.2) is 4.98 Å². The molecule has 0 spiro atoms. The van der Waals surface area contributed by atoms with Crippen LogP contribution in [0.15, 0.2) is 41.0 Å². The second kappa shape index (κ2) is 5.04. The van der Waals surface area contributed by atoms with Gasteiger partial charge >= 0.3 is 0 Å². The second-order valence-electron chi connectivity index (χ2n) is 5.08. The third-order valence-corrected chi connectivity index (χ3v) is 3.34. The number of halogens is 1. The summed E-state index contributed by atoms with van der Waals surface area (Å²) in [5.74, 6) is 0.319. The van der Waals surface area contributed by atoms with Crippen molar-refractivity contribution in [3.63, 3.8) is 0 Å². The van der Waals surface area contributed by atoms with Gasteiger partial charge in [-0.3, -0.25) is 4.79 Å². The van der Waals surface area contributed by atoms with Gasteiger partial charge in [0.2, 0.25) is 5.79 Å². The summed E-state index contributed by atoms with van der Waals surface area (Å²) in [5, 5.41) is 2.78. The van der Waals surface area contributed by atoms with Crippen LogP contribution in [0, 0.1) is 0 Å². The van der Waals surface area contributed by atoms with Gasteiger partial charge in [-0.15, -0.1) is 0 Å². The molecule has 21 heavy (non-hydrogen) atoms. The molecule has 108 valence electrons. The van der Waals surface area contributed by atoms with E-state index >= 15 is 0 Å². The Labute approximate surface area is 130 Å². The Morgan fingerprint density at radius 2 is 1.95 bits per heavy atom. The average molecular weight is 349 g/mol. The van der Waals surface area contributed by atoms with Crippen LogP contribution in [0.1, 0.15) is 24.3 Å². The van der Waals surface area contributed by atoms with E-state index in [1.807, 2.05) is 13.8 Å². The molecule has 1 aromatic heterocycles. The molecule has 1 N–H and O–H groups in total. The van der Waals surface area contributed by atoms with Crippen molar-refractivity contribution in [1.82, 2.24) is 4.98 Å². The largest absolute Gasteiger partial charge is 0.449 e. The third-order valence-electron chi connectivity index (χ3n) is 2.87. The Hall–Kier alpha value is -2.08. The van der Waals surface area contributed by atoms with Crippen molar-refractivity contribution in [1.29, 1.82) is 0 Å². The lowest BCUT2D eigenvalue weighted by Gasteiger charge is -2.16. The van der Waals surface area contributed by atoms with Crippen LogP contribution in [0.2, 0.25) is 0 Å². The average Bonchev–Trinajstić information content (AvgIpc) is 2.72. The monoisotopic (exact) mass is 348 g/mol. The van der Waals surface area contributed by atoms with Crippen LogP contribution in [0.3, 0.4) is 0 Å². The smallest absolute Gasteiger partial charge is 0.274 e. The van der Waals surface area contributed by atoms with Gasteiger partial charge in [0, 0.05) is 36.3 Å². The molecule has 6 heteroatoms. The molecule has 0 radical (unpaired) electrons. The van der Waals surface area contributed by atoms with Gasteiger partial charge in [0.15, 0.2) is 11.5 Å². The van der Waals surface area contributed by atoms with Crippen LogP contribution in [0.4, 0.5) is 5.69 Å². The summed E-state index contributed by atoms with van der Waals surface area (Å²) in [7, 11) is 0. The highest BCUT2D eigenvalue weighted by molar-refractivity contribution is 9.10. The van der Waals surface area contributed by atoms with Crippen molar-refractivity contribution in [3.8, 4) is 11.5 Å². The van der Waals surface area contributed by atoms with E-state index in [2.05, 4.69) is 26.2 Å². The first-order valence-electron chi connectivity index (χ1n) is 6.38. The summed E-state index contributed by atoms with van der Waals surface area (Å²) >= 11 is 3.28. The van der Waals surface area contributed by atoms with Gasteiger partial charge in [0.25, 0.3) is 5.91 Å². The first-order chi connectivity index (χ1) is 9.93. The van der Waals surface area contributed by atoms with Gasteiger partial charge in [-0.05, 0) is 40.2 Å². The molecule has 0 atom stereocenters. The lowest BCUT2D eigenvalue weighted by molar-refractivity contribution is -0.0431. The molecule has 0 unspecified atom stereocenters. The number of nitrogens with zero attached hydrogens (tertiary/aromatic N) is 1. The molecule has 1 aliphatic rings. The Kier molecular flexibility index (Phi) is 3.33. The highest BCUT2D eigenvalue weighted by Crippen LogP contribution is 2.40. The minimum Gasteiger partial charge on any atom is -0.449 e. The Balaban J connectivity index is 1.77. The topological polar surface area (TPSA) is 60.5 Å². The summed E-state index contributed by atoms with van der Waals surface area (Å²) < 4.78 is 12.1. The molecule has 2 heterocycles. The number of carbonyl (C=O) groups is 1. The Morgan fingerprint density at radius 1 is 1.19 bits per heavy atom. The minimum atomic E-state index is -0.682. The van der Waals surface area contributed by atoms with Crippen molar-refractivity contribution < 1.29 is 14.3 Å². The predicted molar refractivity (Wildman–Crippen MR) is 81.7 cm³/mol. The SMILES string of the molecule is CC1(C)Oc2ccc(NC(=O)c3ccc(Br)cn3)cc2O1. The van der Waals surface area contributed by atoms with Crippen LogP contribution in [-0.2, 0) is 0 Å². The maximum atomic E-state index is 12.1. The normalized spacial score (nSPS) is 14.8. The first-order valence-corrected chi connectivity index (χ1v) is 7.17. The number of fused-ring (bicyclic) bond motifs is 1. The van der Waals surface area contributed by atoms with Crippen molar-refractivity contribution >= 4 is 27.5 Å². The molecule has 0 bridgehead atoms. The van der Waals surface area contributed by atoms with E-state index in [1.54, 1.807) is 36.5 Å². The summed E-state index contributed by atoms with van der Waals surface area (Å²) in [6, 6.07) is 8.69. The number of carbonyl (C=O) groups excluding carboxylic acids is 1. The highest BCUT2D eigenvalue weighted by atomic mass is 79.9. The number of benzene rings is 1. The molecular formula is C15H13BrN2O3. The number of hydrogen-bond acceptors (Lipinski definition) is 4. The van der Waals surface area contributed by atoms with Crippen LogP contribution in [0.25, 0.3) is 0 Å². The summed E-state index contributed by atoms with van der Waals surface area (Å²) in [6.45, 7) is 3.66. The zero-order valence-corrected chi connectivity index (χ0v) is 13.1. The fraction of sp³-hybridized carbons (Fsp3) is 0.200. The summed E-state index contributed by atoms with van der Waals surface area (Å²) in [6.07, 6.45) is 1.58. The molecule has 5 nitrogen and oxygen atoms in total. The molecule has 2 aromatic rings. The lowest BCUT2D eigenvalue weighted by Crippen LogP contribution is -2.29. The molecule has 0 saturated carbocycles. The van der Waals surface area contributed by atoms with Gasteiger partial charge in [0.05, 0.1) is 0 Å². The molecule has 0 aliphatic carbocycles. The van der Waals surface area contributed by atoms with E-state index in [-0.39, 0.29) is 5.91 Å². The van der Waals surface area contributed by atoms with E-state index in [4.69, 9.17) is 9.47 Å². The van der Waals surface area contributed by atoms with E-state index in [0.717, 1.165) is 4.47 Å². The molecule has 1 aliphatic heterocycles. The molecule has 1 aromatic carbocycles. The fourth-order valence-electron chi connectivity index (χ4n) is 2.01. The zero-order valence-electron chi connectivity index (χ0n) is 11.5. The Bertz CT molecular complexity index is 699. The van der Waals surface area contributed by atoms with E-state index in [9.17, 15) is 4.79 Å². The maximum Gasteiger partial charge on any atom is 0.274 e.